The van der Waals surface area contributed by atoms with E-state index in [4.69, 9.17) is 11.6 Å². The highest BCUT2D eigenvalue weighted by molar-refractivity contribution is 6.31. The molecule has 2 rings (SSSR count). The topological polar surface area (TPSA) is 42.0 Å². The molecule has 0 bridgehead atoms. The molecule has 2 aromatic rings. The van der Waals surface area contributed by atoms with E-state index in [1.165, 1.54) is 18.2 Å². The molecule has 0 unspecified atom stereocenters. The van der Waals surface area contributed by atoms with Gasteiger partial charge in [-0.15, -0.1) is 0 Å². The molecule has 19 heavy (non-hydrogen) atoms. The van der Waals surface area contributed by atoms with Crippen LogP contribution in [0.1, 0.15) is 28.9 Å². The molecule has 0 aliphatic carbocycles. The van der Waals surface area contributed by atoms with E-state index in [9.17, 15) is 9.18 Å². The van der Waals surface area contributed by atoms with E-state index < -0.39 is 11.7 Å². The van der Waals surface area contributed by atoms with Crippen LogP contribution < -0.4 is 5.32 Å². The van der Waals surface area contributed by atoms with E-state index in [0.29, 0.717) is 5.02 Å². The van der Waals surface area contributed by atoms with E-state index in [1.54, 1.807) is 24.5 Å². The molecule has 0 saturated carbocycles. The van der Waals surface area contributed by atoms with Gasteiger partial charge in [0.2, 0.25) is 0 Å². The first-order chi connectivity index (χ1) is 9.08. The lowest BCUT2D eigenvalue weighted by Crippen LogP contribution is -2.27. The van der Waals surface area contributed by atoms with Crippen LogP contribution in [0.25, 0.3) is 0 Å². The fraction of sp³-hybridized carbons (Fsp3) is 0.143. The van der Waals surface area contributed by atoms with Gasteiger partial charge < -0.3 is 5.32 Å². The lowest BCUT2D eigenvalue weighted by atomic mass is 10.1. The minimum atomic E-state index is -0.594. The molecule has 5 heteroatoms. The monoisotopic (exact) mass is 278 g/mol. The summed E-state index contributed by atoms with van der Waals surface area (Å²) in [5.41, 5.74) is 0.833. The highest BCUT2D eigenvalue weighted by atomic mass is 35.5. The number of hydrogen-bond acceptors (Lipinski definition) is 2. The minimum absolute atomic E-state index is 0.0617. The van der Waals surface area contributed by atoms with Gasteiger partial charge in [0, 0.05) is 17.4 Å². The average molecular weight is 279 g/mol. The zero-order chi connectivity index (χ0) is 13.8. The van der Waals surface area contributed by atoms with E-state index >= 15 is 0 Å². The summed E-state index contributed by atoms with van der Waals surface area (Å²) in [5.74, 6) is -1.09. The smallest absolute Gasteiger partial charge is 0.254 e. The molecule has 0 aliphatic heterocycles. The number of benzene rings is 1. The zero-order valence-electron chi connectivity index (χ0n) is 10.2. The normalized spacial score (nSPS) is 11.9. The first kappa shape index (κ1) is 13.5. The molecular formula is C14H12ClFN2O. The second-order valence-corrected chi connectivity index (χ2v) is 4.54. The quantitative estimate of drug-likeness (QED) is 0.935. The van der Waals surface area contributed by atoms with Crippen LogP contribution in [0.4, 0.5) is 4.39 Å². The SMILES string of the molecule is C[C@H](NC(=O)c1cc(Cl)ccc1F)c1ccncc1. The van der Waals surface area contributed by atoms with Crippen molar-refractivity contribution in [3.63, 3.8) is 0 Å². The minimum Gasteiger partial charge on any atom is -0.345 e. The summed E-state index contributed by atoms with van der Waals surface area (Å²) in [6.45, 7) is 1.82. The summed E-state index contributed by atoms with van der Waals surface area (Å²) in [5, 5.41) is 3.04. The molecule has 1 atom stereocenters. The van der Waals surface area contributed by atoms with Crippen molar-refractivity contribution in [2.45, 2.75) is 13.0 Å². The number of amides is 1. The Kier molecular flexibility index (Phi) is 4.12. The van der Waals surface area contributed by atoms with Gasteiger partial charge in [-0.25, -0.2) is 4.39 Å². The number of hydrogen-bond donors (Lipinski definition) is 1. The molecule has 0 saturated heterocycles. The van der Waals surface area contributed by atoms with Crippen LogP contribution in [0.2, 0.25) is 5.02 Å². The third-order valence-electron chi connectivity index (χ3n) is 2.73. The first-order valence-electron chi connectivity index (χ1n) is 5.74. The second-order valence-electron chi connectivity index (χ2n) is 4.10. The number of pyridine rings is 1. The number of carbonyl (C=O) groups excluding carboxylic acids is 1. The van der Waals surface area contributed by atoms with Crippen LogP contribution >= 0.6 is 11.6 Å². The molecule has 0 radical (unpaired) electrons. The van der Waals surface area contributed by atoms with Gasteiger partial charge in [0.25, 0.3) is 5.91 Å². The Labute approximate surface area is 115 Å². The molecule has 0 fully saturated rings. The van der Waals surface area contributed by atoms with Crippen molar-refractivity contribution in [1.82, 2.24) is 10.3 Å². The van der Waals surface area contributed by atoms with Crippen LogP contribution in [-0.2, 0) is 0 Å². The lowest BCUT2D eigenvalue weighted by Gasteiger charge is -2.14. The summed E-state index contributed by atoms with van der Waals surface area (Å²) in [6, 6.07) is 7.23. The van der Waals surface area contributed by atoms with Gasteiger partial charge in [-0.05, 0) is 42.8 Å². The maximum Gasteiger partial charge on any atom is 0.254 e. The summed E-state index contributed by atoms with van der Waals surface area (Å²) in [4.78, 5) is 15.9. The third-order valence-corrected chi connectivity index (χ3v) is 2.96. The Hall–Kier alpha value is -1.94. The van der Waals surface area contributed by atoms with Gasteiger partial charge in [0.15, 0.2) is 0 Å². The standard InChI is InChI=1S/C14H12ClFN2O/c1-9(10-4-6-17-7-5-10)18-14(19)12-8-11(15)2-3-13(12)16/h2-9H,1H3,(H,18,19)/t9-/m0/s1. The fourth-order valence-corrected chi connectivity index (χ4v) is 1.85. The third kappa shape index (κ3) is 3.29. The molecule has 1 heterocycles. The predicted molar refractivity (Wildman–Crippen MR) is 71.5 cm³/mol. The van der Waals surface area contributed by atoms with Crippen LogP contribution in [0.5, 0.6) is 0 Å². The molecule has 1 N–H and O–H groups in total. The predicted octanol–water partition coefficient (Wildman–Crippen LogP) is 3.37. The van der Waals surface area contributed by atoms with Crippen molar-refractivity contribution in [2.75, 3.05) is 0 Å². The first-order valence-corrected chi connectivity index (χ1v) is 6.11. The number of halogens is 2. The van der Waals surface area contributed by atoms with E-state index in [-0.39, 0.29) is 11.6 Å². The van der Waals surface area contributed by atoms with Crippen LogP contribution in [-0.4, -0.2) is 10.9 Å². The number of rotatable bonds is 3. The zero-order valence-corrected chi connectivity index (χ0v) is 11.0. The number of carbonyl (C=O) groups is 1. The number of aromatic nitrogens is 1. The number of nitrogens with one attached hydrogen (secondary N) is 1. The van der Waals surface area contributed by atoms with Gasteiger partial charge in [-0.1, -0.05) is 11.6 Å². The summed E-state index contributed by atoms with van der Waals surface area (Å²) >= 11 is 5.76. The van der Waals surface area contributed by atoms with Gasteiger partial charge in [0.1, 0.15) is 5.82 Å². The Morgan fingerprint density at radius 1 is 1.32 bits per heavy atom. The van der Waals surface area contributed by atoms with Crippen molar-refractivity contribution in [1.29, 1.82) is 0 Å². The maximum atomic E-state index is 13.5. The van der Waals surface area contributed by atoms with Crippen molar-refractivity contribution < 1.29 is 9.18 Å². The van der Waals surface area contributed by atoms with Crippen molar-refractivity contribution in [3.05, 3.63) is 64.7 Å². The van der Waals surface area contributed by atoms with Crippen molar-refractivity contribution in [3.8, 4) is 0 Å². The molecule has 0 aliphatic rings. The fourth-order valence-electron chi connectivity index (χ4n) is 1.68. The largest absolute Gasteiger partial charge is 0.345 e. The Morgan fingerprint density at radius 2 is 2.00 bits per heavy atom. The molecule has 98 valence electrons. The van der Waals surface area contributed by atoms with Crippen molar-refractivity contribution in [2.24, 2.45) is 0 Å². The van der Waals surface area contributed by atoms with Crippen LogP contribution in [0, 0.1) is 5.82 Å². The van der Waals surface area contributed by atoms with Gasteiger partial charge in [-0.3, -0.25) is 9.78 Å². The number of nitrogens with zero attached hydrogens (tertiary/aromatic N) is 1. The highest BCUT2D eigenvalue weighted by Crippen LogP contribution is 2.17. The average Bonchev–Trinajstić information content (AvgIpc) is 2.42. The maximum absolute atomic E-state index is 13.5. The van der Waals surface area contributed by atoms with Gasteiger partial charge >= 0.3 is 0 Å². The van der Waals surface area contributed by atoms with Crippen LogP contribution in [0.15, 0.2) is 42.7 Å². The van der Waals surface area contributed by atoms with Gasteiger partial charge in [0.05, 0.1) is 11.6 Å². The molecule has 1 amide bonds. The molecular weight excluding hydrogens is 267 g/mol. The highest BCUT2D eigenvalue weighted by Gasteiger charge is 2.15. The summed E-state index contributed by atoms with van der Waals surface area (Å²) < 4.78 is 13.5. The van der Waals surface area contributed by atoms with Crippen molar-refractivity contribution >= 4 is 17.5 Å². The second kappa shape index (κ2) is 5.80. The van der Waals surface area contributed by atoms with Crippen LogP contribution in [0.3, 0.4) is 0 Å². The summed E-state index contributed by atoms with van der Waals surface area (Å²) in [6.07, 6.45) is 3.27. The van der Waals surface area contributed by atoms with Gasteiger partial charge in [-0.2, -0.15) is 0 Å². The molecule has 3 nitrogen and oxygen atoms in total. The molecule has 0 spiro atoms. The van der Waals surface area contributed by atoms with E-state index in [1.807, 2.05) is 6.92 Å². The Morgan fingerprint density at radius 3 is 2.68 bits per heavy atom. The summed E-state index contributed by atoms with van der Waals surface area (Å²) in [7, 11) is 0. The molecule has 1 aromatic heterocycles. The van der Waals surface area contributed by atoms with E-state index in [2.05, 4.69) is 10.3 Å². The Bertz CT molecular complexity index is 589. The Balaban J connectivity index is 2.15. The lowest BCUT2D eigenvalue weighted by molar-refractivity contribution is 0.0936. The molecule has 1 aromatic carbocycles. The van der Waals surface area contributed by atoms with E-state index in [0.717, 1.165) is 5.56 Å².